The largest absolute Gasteiger partial charge is 0.404 e. The molecule has 0 radical (unpaired) electrons. The van der Waals surface area contributed by atoms with Gasteiger partial charge < -0.3 is 11.1 Å². The van der Waals surface area contributed by atoms with Gasteiger partial charge in [0.2, 0.25) is 5.91 Å². The van der Waals surface area contributed by atoms with E-state index in [-0.39, 0.29) is 35.7 Å². The molecule has 3 saturated heterocycles. The minimum absolute atomic E-state index is 0.139. The molecular weight excluding hydrogens is 295 g/mol. The zero-order valence-electron chi connectivity index (χ0n) is 12.8. The second kappa shape index (κ2) is 5.37. The maximum Gasteiger partial charge on any atom is 0.404 e. The standard InChI is InChI=1S/C15H24F3N3O/c1-21-8-10(2-3-12(21)15(16,17)18)14-5-4-11(20-14)6-9(7-14)13(19)22/h9-12,20H,2-8H2,1H3,(H2,19,22)/t9?,10-,11?,12+,14?/m1/s1. The number of hydrogen-bond acceptors (Lipinski definition) is 3. The van der Waals surface area contributed by atoms with Crippen LogP contribution in [-0.2, 0) is 4.79 Å². The first-order valence-corrected chi connectivity index (χ1v) is 8.05. The number of nitrogens with one attached hydrogen (secondary N) is 1. The summed E-state index contributed by atoms with van der Waals surface area (Å²) < 4.78 is 39.0. The Labute approximate surface area is 128 Å². The number of amides is 1. The second-order valence-electron chi connectivity index (χ2n) is 7.35. The van der Waals surface area contributed by atoms with E-state index in [0.29, 0.717) is 19.4 Å². The average Bonchev–Trinajstić information content (AvgIpc) is 2.73. The van der Waals surface area contributed by atoms with E-state index >= 15 is 0 Å². The highest BCUT2D eigenvalue weighted by Gasteiger charge is 2.54. The number of carbonyl (C=O) groups is 1. The fraction of sp³-hybridized carbons (Fsp3) is 0.933. The van der Waals surface area contributed by atoms with Gasteiger partial charge in [0.25, 0.3) is 0 Å². The van der Waals surface area contributed by atoms with Gasteiger partial charge in [0.15, 0.2) is 0 Å². The maximum absolute atomic E-state index is 13.0. The summed E-state index contributed by atoms with van der Waals surface area (Å²) in [7, 11) is 1.56. The Morgan fingerprint density at radius 1 is 1.32 bits per heavy atom. The predicted molar refractivity (Wildman–Crippen MR) is 76.0 cm³/mol. The molecule has 0 aromatic carbocycles. The third-order valence-corrected chi connectivity index (χ3v) is 6.00. The van der Waals surface area contributed by atoms with Crippen LogP contribution in [0.1, 0.15) is 38.5 Å². The Hall–Kier alpha value is -0.820. The first-order valence-electron chi connectivity index (χ1n) is 8.05. The van der Waals surface area contributed by atoms with Crippen LogP contribution in [0.25, 0.3) is 0 Å². The number of carbonyl (C=O) groups excluding carboxylic acids is 1. The molecule has 5 atom stereocenters. The number of hydrogen-bond donors (Lipinski definition) is 2. The van der Waals surface area contributed by atoms with E-state index in [2.05, 4.69) is 5.32 Å². The van der Waals surface area contributed by atoms with Crippen LogP contribution in [0.15, 0.2) is 0 Å². The van der Waals surface area contributed by atoms with Gasteiger partial charge in [-0.1, -0.05) is 0 Å². The highest BCUT2D eigenvalue weighted by molar-refractivity contribution is 5.77. The summed E-state index contributed by atoms with van der Waals surface area (Å²) in [4.78, 5) is 13.0. The molecule has 0 aromatic heterocycles. The van der Waals surface area contributed by atoms with Crippen molar-refractivity contribution >= 4 is 5.91 Å². The van der Waals surface area contributed by atoms with Gasteiger partial charge in [0.05, 0.1) is 0 Å². The van der Waals surface area contributed by atoms with Gasteiger partial charge in [0.1, 0.15) is 6.04 Å². The number of piperidine rings is 2. The molecule has 3 unspecified atom stereocenters. The van der Waals surface area contributed by atoms with Gasteiger partial charge in [-0.2, -0.15) is 13.2 Å². The summed E-state index contributed by atoms with van der Waals surface area (Å²) in [6.45, 7) is 0.426. The summed E-state index contributed by atoms with van der Waals surface area (Å²) >= 11 is 0. The number of rotatable bonds is 2. The van der Waals surface area contributed by atoms with Gasteiger partial charge in [-0.25, -0.2) is 0 Å². The molecule has 3 heterocycles. The Morgan fingerprint density at radius 3 is 2.64 bits per heavy atom. The first-order chi connectivity index (χ1) is 10.2. The van der Waals surface area contributed by atoms with Gasteiger partial charge in [-0.3, -0.25) is 9.69 Å². The minimum Gasteiger partial charge on any atom is -0.369 e. The summed E-state index contributed by atoms with van der Waals surface area (Å²) in [5.41, 5.74) is 5.29. The normalized spacial score (nSPS) is 43.3. The molecule has 3 rings (SSSR count). The quantitative estimate of drug-likeness (QED) is 0.813. The SMILES string of the molecule is CN1C[C@H](C23CCC(CC(C(N)=O)C2)N3)CC[C@H]1C(F)(F)F. The lowest BCUT2D eigenvalue weighted by atomic mass is 9.70. The average molecular weight is 319 g/mol. The van der Waals surface area contributed by atoms with Crippen LogP contribution >= 0.6 is 0 Å². The zero-order valence-corrected chi connectivity index (χ0v) is 12.8. The molecule has 0 spiro atoms. The molecule has 3 aliphatic rings. The fourth-order valence-corrected chi connectivity index (χ4v) is 4.90. The van der Waals surface area contributed by atoms with Crippen molar-refractivity contribution in [3.8, 4) is 0 Å². The van der Waals surface area contributed by atoms with Crippen LogP contribution in [0.3, 0.4) is 0 Å². The van der Waals surface area contributed by atoms with E-state index in [4.69, 9.17) is 5.73 Å². The van der Waals surface area contributed by atoms with Gasteiger partial charge in [-0.15, -0.1) is 0 Å². The van der Waals surface area contributed by atoms with E-state index in [1.165, 1.54) is 4.90 Å². The third-order valence-electron chi connectivity index (χ3n) is 6.00. The molecule has 2 bridgehead atoms. The van der Waals surface area contributed by atoms with E-state index in [1.54, 1.807) is 7.05 Å². The van der Waals surface area contributed by atoms with Crippen LogP contribution in [0.2, 0.25) is 0 Å². The van der Waals surface area contributed by atoms with Crippen molar-refractivity contribution < 1.29 is 18.0 Å². The molecule has 0 aliphatic carbocycles. The number of primary amides is 1. The van der Waals surface area contributed by atoms with E-state index in [1.807, 2.05) is 0 Å². The number of fused-ring (bicyclic) bond motifs is 2. The molecule has 3 N–H and O–H groups in total. The second-order valence-corrected chi connectivity index (χ2v) is 7.35. The summed E-state index contributed by atoms with van der Waals surface area (Å²) in [6.07, 6.45) is -0.0900. The third kappa shape index (κ3) is 2.73. The van der Waals surface area contributed by atoms with Crippen molar-refractivity contribution in [1.29, 1.82) is 0 Å². The lowest BCUT2D eigenvalue weighted by molar-refractivity contribution is -0.193. The van der Waals surface area contributed by atoms with E-state index in [0.717, 1.165) is 19.3 Å². The van der Waals surface area contributed by atoms with Crippen LogP contribution in [0, 0.1) is 11.8 Å². The van der Waals surface area contributed by atoms with Crippen molar-refractivity contribution in [1.82, 2.24) is 10.2 Å². The number of alkyl halides is 3. The molecule has 3 fully saturated rings. The molecule has 126 valence electrons. The summed E-state index contributed by atoms with van der Waals surface area (Å²) in [5, 5.41) is 3.62. The van der Waals surface area contributed by atoms with E-state index < -0.39 is 12.2 Å². The van der Waals surface area contributed by atoms with E-state index in [9.17, 15) is 18.0 Å². The summed E-state index contributed by atoms with van der Waals surface area (Å²) in [5.74, 6) is -0.252. The lowest BCUT2D eigenvalue weighted by Crippen LogP contribution is -2.61. The van der Waals surface area contributed by atoms with Crippen molar-refractivity contribution in [2.75, 3.05) is 13.6 Å². The molecule has 7 heteroatoms. The molecule has 0 aromatic rings. The number of nitrogens with zero attached hydrogens (tertiary/aromatic N) is 1. The Morgan fingerprint density at radius 2 is 2.05 bits per heavy atom. The molecule has 1 amide bonds. The Balaban J connectivity index is 1.73. The Kier molecular flexibility index (Phi) is 3.92. The number of nitrogens with two attached hydrogens (primary N) is 1. The highest BCUT2D eigenvalue weighted by atomic mass is 19.4. The van der Waals surface area contributed by atoms with Crippen LogP contribution in [-0.4, -0.2) is 48.2 Å². The predicted octanol–water partition coefficient (Wildman–Crippen LogP) is 1.65. The van der Waals surface area contributed by atoms with Crippen LogP contribution in [0.4, 0.5) is 13.2 Å². The van der Waals surface area contributed by atoms with Crippen molar-refractivity contribution in [3.63, 3.8) is 0 Å². The number of likely N-dealkylation sites (tertiary alicyclic amines) is 1. The maximum atomic E-state index is 13.0. The van der Waals surface area contributed by atoms with Gasteiger partial charge >= 0.3 is 6.18 Å². The highest BCUT2D eigenvalue weighted by Crippen LogP contribution is 2.47. The van der Waals surface area contributed by atoms with Crippen LogP contribution in [0.5, 0.6) is 0 Å². The minimum atomic E-state index is -4.16. The molecular formula is C15H24F3N3O. The monoisotopic (exact) mass is 319 g/mol. The molecule has 3 aliphatic heterocycles. The fourth-order valence-electron chi connectivity index (χ4n) is 4.90. The number of halogens is 3. The topological polar surface area (TPSA) is 58.4 Å². The van der Waals surface area contributed by atoms with Crippen LogP contribution < -0.4 is 11.1 Å². The summed E-state index contributed by atoms with van der Waals surface area (Å²) in [6, 6.07) is -1.05. The molecule has 0 saturated carbocycles. The van der Waals surface area contributed by atoms with Crippen molar-refractivity contribution in [2.24, 2.45) is 17.6 Å². The van der Waals surface area contributed by atoms with Crippen molar-refractivity contribution in [3.05, 3.63) is 0 Å². The van der Waals surface area contributed by atoms with Crippen molar-refractivity contribution in [2.45, 2.75) is 62.3 Å². The smallest absolute Gasteiger partial charge is 0.369 e. The van der Waals surface area contributed by atoms with Gasteiger partial charge in [-0.05, 0) is 51.5 Å². The Bertz CT molecular complexity index is 456. The molecule has 22 heavy (non-hydrogen) atoms. The first kappa shape index (κ1) is 16.1. The van der Waals surface area contributed by atoms with Gasteiger partial charge in [0, 0.05) is 24.0 Å². The molecule has 4 nitrogen and oxygen atoms in total. The zero-order chi connectivity index (χ0) is 16.1. The lowest BCUT2D eigenvalue weighted by Gasteiger charge is -2.49.